The smallest absolute Gasteiger partial charge is 0.243 e. The number of carbonyl (C=O) groups is 1. The number of ether oxygens (including phenoxy) is 2. The van der Waals surface area contributed by atoms with Crippen molar-refractivity contribution in [2.24, 2.45) is 11.0 Å². The minimum atomic E-state index is -0.0307. The molecule has 1 N–H and O–H groups in total. The molecule has 0 unspecified atom stereocenters. The van der Waals surface area contributed by atoms with Gasteiger partial charge in [-0.3, -0.25) is 4.79 Å². The number of carbonyl (C=O) groups excluding carboxylic acids is 1. The lowest BCUT2D eigenvalue weighted by Gasteiger charge is -2.19. The Hall–Kier alpha value is -2.82. The van der Waals surface area contributed by atoms with Crippen LogP contribution < -0.4 is 14.9 Å². The van der Waals surface area contributed by atoms with Crippen LogP contribution in [0.3, 0.4) is 0 Å². The van der Waals surface area contributed by atoms with Crippen LogP contribution in [0.25, 0.3) is 0 Å². The largest absolute Gasteiger partial charge is 0.454 e. The van der Waals surface area contributed by atoms with Gasteiger partial charge in [0.2, 0.25) is 12.7 Å². The molecule has 5 nitrogen and oxygen atoms in total. The second-order valence-corrected chi connectivity index (χ2v) is 8.17. The van der Waals surface area contributed by atoms with Crippen molar-refractivity contribution < 1.29 is 14.3 Å². The Labute approximate surface area is 159 Å². The van der Waals surface area contributed by atoms with Gasteiger partial charge in [0.15, 0.2) is 11.5 Å². The van der Waals surface area contributed by atoms with Crippen LogP contribution in [0.15, 0.2) is 47.6 Å². The minimum absolute atomic E-state index is 0.000564. The first kappa shape index (κ1) is 17.6. The second kappa shape index (κ2) is 6.72. The number of benzene rings is 2. The molecular formula is C22H24N2O3. The van der Waals surface area contributed by atoms with Crippen molar-refractivity contribution in [1.29, 1.82) is 0 Å². The van der Waals surface area contributed by atoms with Gasteiger partial charge in [-0.15, -0.1) is 0 Å². The third kappa shape index (κ3) is 3.82. The molecule has 0 bridgehead atoms. The van der Waals surface area contributed by atoms with Gasteiger partial charge in [-0.2, -0.15) is 5.10 Å². The summed E-state index contributed by atoms with van der Waals surface area (Å²) in [7, 11) is 0. The summed E-state index contributed by atoms with van der Waals surface area (Å²) in [6, 6.07) is 14.2. The van der Waals surface area contributed by atoms with Crippen LogP contribution >= 0.6 is 0 Å². The van der Waals surface area contributed by atoms with Crippen LogP contribution in [0.2, 0.25) is 0 Å². The molecule has 1 aliphatic heterocycles. The molecule has 0 radical (unpaired) electrons. The van der Waals surface area contributed by atoms with Crippen LogP contribution in [0.4, 0.5) is 0 Å². The Morgan fingerprint density at radius 3 is 2.59 bits per heavy atom. The van der Waals surface area contributed by atoms with Crippen LogP contribution in [-0.2, 0) is 10.2 Å². The molecule has 1 fully saturated rings. The Morgan fingerprint density at radius 2 is 1.85 bits per heavy atom. The average Bonchev–Trinajstić information content (AvgIpc) is 3.31. The molecule has 1 saturated carbocycles. The van der Waals surface area contributed by atoms with E-state index in [1.54, 1.807) is 6.21 Å². The Balaban J connectivity index is 1.32. The molecule has 5 heteroatoms. The Kier molecular flexibility index (Phi) is 4.38. The maximum atomic E-state index is 12.3. The molecule has 27 heavy (non-hydrogen) atoms. The van der Waals surface area contributed by atoms with Crippen LogP contribution in [0, 0.1) is 5.92 Å². The van der Waals surface area contributed by atoms with Gasteiger partial charge in [0.1, 0.15) is 0 Å². The van der Waals surface area contributed by atoms with E-state index in [2.05, 4.69) is 55.6 Å². The molecule has 2 aromatic carbocycles. The van der Waals surface area contributed by atoms with Gasteiger partial charge in [-0.25, -0.2) is 5.43 Å². The molecule has 2 aromatic rings. The monoisotopic (exact) mass is 364 g/mol. The van der Waals surface area contributed by atoms with Gasteiger partial charge in [-0.05, 0) is 52.6 Å². The number of hydrogen-bond donors (Lipinski definition) is 1. The quantitative estimate of drug-likeness (QED) is 0.660. The minimum Gasteiger partial charge on any atom is -0.454 e. The zero-order chi connectivity index (χ0) is 19.0. The summed E-state index contributed by atoms with van der Waals surface area (Å²) in [6.45, 7) is 6.85. The molecule has 4 rings (SSSR count). The summed E-state index contributed by atoms with van der Waals surface area (Å²) < 4.78 is 10.6. The summed E-state index contributed by atoms with van der Waals surface area (Å²) >= 11 is 0. The Morgan fingerprint density at radius 1 is 1.11 bits per heavy atom. The van der Waals surface area contributed by atoms with E-state index in [-0.39, 0.29) is 24.0 Å². The lowest BCUT2D eigenvalue weighted by molar-refractivity contribution is -0.122. The van der Waals surface area contributed by atoms with E-state index in [4.69, 9.17) is 9.47 Å². The van der Waals surface area contributed by atoms with Crippen molar-refractivity contribution in [3.05, 3.63) is 59.2 Å². The van der Waals surface area contributed by atoms with Gasteiger partial charge in [0.05, 0.1) is 6.21 Å². The van der Waals surface area contributed by atoms with E-state index < -0.39 is 0 Å². The summed E-state index contributed by atoms with van der Waals surface area (Å²) in [6.07, 6.45) is 2.50. The molecule has 2 atom stereocenters. The lowest BCUT2D eigenvalue weighted by atomic mass is 9.86. The number of nitrogens with one attached hydrogen (secondary N) is 1. The molecule has 1 heterocycles. The van der Waals surface area contributed by atoms with Gasteiger partial charge in [-0.1, -0.05) is 45.0 Å². The van der Waals surface area contributed by atoms with Crippen molar-refractivity contribution in [1.82, 2.24) is 5.43 Å². The van der Waals surface area contributed by atoms with Gasteiger partial charge >= 0.3 is 0 Å². The van der Waals surface area contributed by atoms with E-state index >= 15 is 0 Å². The predicted octanol–water partition coefficient (Wildman–Crippen LogP) is 3.97. The standard InChI is InChI=1S/C22H24N2O3/c1-22(2,3)16-7-5-15(6-8-16)17-11-18(17)21(25)24-23-12-14-4-9-19-20(10-14)27-13-26-19/h4-10,12,17-18H,11,13H2,1-3H3,(H,24,25)/b23-12+/t17-,18-/m0/s1. The molecule has 140 valence electrons. The highest BCUT2D eigenvalue weighted by atomic mass is 16.7. The van der Waals surface area contributed by atoms with E-state index in [9.17, 15) is 4.79 Å². The highest BCUT2D eigenvalue weighted by Crippen LogP contribution is 2.47. The summed E-state index contributed by atoms with van der Waals surface area (Å²) in [4.78, 5) is 12.3. The fourth-order valence-electron chi connectivity index (χ4n) is 3.33. The molecule has 0 spiro atoms. The topological polar surface area (TPSA) is 59.9 Å². The highest BCUT2D eigenvalue weighted by Gasteiger charge is 2.44. The molecule has 0 saturated heterocycles. The zero-order valence-corrected chi connectivity index (χ0v) is 15.9. The average molecular weight is 364 g/mol. The van der Waals surface area contributed by atoms with Gasteiger partial charge in [0, 0.05) is 5.92 Å². The van der Waals surface area contributed by atoms with Crippen LogP contribution in [0.5, 0.6) is 11.5 Å². The van der Waals surface area contributed by atoms with Crippen molar-refractivity contribution in [2.45, 2.75) is 38.5 Å². The van der Waals surface area contributed by atoms with E-state index in [1.807, 2.05) is 18.2 Å². The fourth-order valence-corrected chi connectivity index (χ4v) is 3.33. The van der Waals surface area contributed by atoms with Crippen molar-refractivity contribution in [3.8, 4) is 11.5 Å². The molecular weight excluding hydrogens is 340 g/mol. The fraction of sp³-hybridized carbons (Fsp3) is 0.364. The van der Waals surface area contributed by atoms with E-state index in [0.717, 1.165) is 17.7 Å². The number of fused-ring (bicyclic) bond motifs is 1. The summed E-state index contributed by atoms with van der Waals surface area (Å²) in [5.41, 5.74) is 6.18. The Bertz CT molecular complexity index is 881. The summed E-state index contributed by atoms with van der Waals surface area (Å²) in [5, 5.41) is 4.08. The third-order valence-corrected chi connectivity index (χ3v) is 5.12. The normalized spacial score (nSPS) is 20.7. The first-order chi connectivity index (χ1) is 12.9. The van der Waals surface area contributed by atoms with Crippen molar-refractivity contribution >= 4 is 12.1 Å². The van der Waals surface area contributed by atoms with Crippen molar-refractivity contribution in [2.75, 3.05) is 6.79 Å². The molecule has 0 aromatic heterocycles. The predicted molar refractivity (Wildman–Crippen MR) is 104 cm³/mol. The first-order valence-electron chi connectivity index (χ1n) is 9.25. The molecule has 1 aliphatic carbocycles. The number of hydrogen-bond acceptors (Lipinski definition) is 4. The number of hydrazone groups is 1. The highest BCUT2D eigenvalue weighted by molar-refractivity contribution is 5.86. The van der Waals surface area contributed by atoms with Crippen molar-refractivity contribution in [3.63, 3.8) is 0 Å². The lowest BCUT2D eigenvalue weighted by Crippen LogP contribution is -2.20. The maximum absolute atomic E-state index is 12.3. The van der Waals surface area contributed by atoms with E-state index in [1.165, 1.54) is 11.1 Å². The second-order valence-electron chi connectivity index (χ2n) is 8.17. The number of nitrogens with zero attached hydrogens (tertiary/aromatic N) is 1. The summed E-state index contributed by atoms with van der Waals surface area (Å²) in [5.74, 6) is 1.69. The molecule has 1 amide bonds. The van der Waals surface area contributed by atoms with Gasteiger partial charge in [0.25, 0.3) is 0 Å². The number of amides is 1. The maximum Gasteiger partial charge on any atom is 0.243 e. The van der Waals surface area contributed by atoms with Crippen LogP contribution in [0.1, 0.15) is 49.8 Å². The first-order valence-corrected chi connectivity index (χ1v) is 9.25. The third-order valence-electron chi connectivity index (χ3n) is 5.12. The SMILES string of the molecule is CC(C)(C)c1ccc([C@@H]2C[C@@H]2C(=O)N/N=C/c2ccc3c(c2)OCO3)cc1. The molecule has 2 aliphatic rings. The van der Waals surface area contributed by atoms with Gasteiger partial charge < -0.3 is 9.47 Å². The zero-order valence-electron chi connectivity index (χ0n) is 15.9. The van der Waals surface area contributed by atoms with Crippen LogP contribution in [-0.4, -0.2) is 18.9 Å². The number of rotatable bonds is 4. The van der Waals surface area contributed by atoms with E-state index in [0.29, 0.717) is 11.7 Å².